The molecule has 0 aliphatic heterocycles. The number of aromatic amines is 1. The van der Waals surface area contributed by atoms with Crippen molar-refractivity contribution < 1.29 is 29.0 Å². The van der Waals surface area contributed by atoms with Crippen molar-refractivity contribution >= 4 is 34.7 Å². The Hall–Kier alpha value is -5.03. The van der Waals surface area contributed by atoms with Crippen molar-refractivity contribution in [3.05, 3.63) is 102 Å². The zero-order valence-electron chi connectivity index (χ0n) is 28.7. The SMILES string of the molecule is CC(C)[C@@H](NC(=O)C(Cc1ccccc1)C[C@H](O)[C@H](Cc1ccccc1)NC(=O)OC(C)(C)C)C(=O)NCC(=O)c1nc2ccccc2[nH]1. The molecule has 1 heterocycles. The largest absolute Gasteiger partial charge is 0.444 e. The summed E-state index contributed by atoms with van der Waals surface area (Å²) in [6.45, 7) is 8.56. The molecule has 3 aromatic carbocycles. The lowest BCUT2D eigenvalue weighted by Gasteiger charge is -2.30. The highest BCUT2D eigenvalue weighted by atomic mass is 16.6. The van der Waals surface area contributed by atoms with E-state index in [0.29, 0.717) is 17.5 Å². The molecule has 11 heteroatoms. The second-order valence-corrected chi connectivity index (χ2v) is 13.6. The average molecular weight is 670 g/mol. The van der Waals surface area contributed by atoms with Crippen molar-refractivity contribution in [2.24, 2.45) is 11.8 Å². The van der Waals surface area contributed by atoms with Gasteiger partial charge < -0.3 is 30.8 Å². The van der Waals surface area contributed by atoms with Gasteiger partial charge in [0.1, 0.15) is 11.6 Å². The smallest absolute Gasteiger partial charge is 0.407 e. The molecule has 0 bridgehead atoms. The number of imidazole rings is 1. The molecule has 4 aromatic rings. The topological polar surface area (TPSA) is 163 Å². The molecule has 49 heavy (non-hydrogen) atoms. The zero-order valence-corrected chi connectivity index (χ0v) is 28.7. The first-order chi connectivity index (χ1) is 23.3. The summed E-state index contributed by atoms with van der Waals surface area (Å²) in [7, 11) is 0. The third-order valence-electron chi connectivity index (χ3n) is 8.01. The van der Waals surface area contributed by atoms with Gasteiger partial charge in [-0.1, -0.05) is 86.6 Å². The molecule has 1 aromatic heterocycles. The van der Waals surface area contributed by atoms with E-state index in [1.165, 1.54) is 0 Å². The Kier molecular flexibility index (Phi) is 12.7. The number of carbonyl (C=O) groups is 4. The van der Waals surface area contributed by atoms with Crippen LogP contribution in [0.3, 0.4) is 0 Å². The van der Waals surface area contributed by atoms with Gasteiger partial charge in [-0.2, -0.15) is 0 Å². The predicted molar refractivity (Wildman–Crippen MR) is 188 cm³/mol. The van der Waals surface area contributed by atoms with Gasteiger partial charge in [0.2, 0.25) is 17.6 Å². The normalized spacial score (nSPS) is 14.0. The summed E-state index contributed by atoms with van der Waals surface area (Å²) in [5.74, 6) is -2.29. The fraction of sp³-hybridized carbons (Fsp3) is 0.395. The van der Waals surface area contributed by atoms with E-state index in [1.54, 1.807) is 40.7 Å². The van der Waals surface area contributed by atoms with E-state index in [4.69, 9.17) is 4.74 Å². The molecule has 3 amide bonds. The number of fused-ring (bicyclic) bond motifs is 1. The highest BCUT2D eigenvalue weighted by Crippen LogP contribution is 2.20. The number of rotatable bonds is 15. The van der Waals surface area contributed by atoms with Gasteiger partial charge in [-0.25, -0.2) is 9.78 Å². The average Bonchev–Trinajstić information content (AvgIpc) is 3.50. The van der Waals surface area contributed by atoms with E-state index in [2.05, 4.69) is 25.9 Å². The molecule has 0 saturated heterocycles. The molecular formula is C38H47N5O6. The first-order valence-electron chi connectivity index (χ1n) is 16.6. The Morgan fingerprint density at radius 2 is 1.41 bits per heavy atom. The maximum atomic E-state index is 14.0. The van der Waals surface area contributed by atoms with Crippen LogP contribution in [0, 0.1) is 11.8 Å². The second kappa shape index (κ2) is 16.9. The van der Waals surface area contributed by atoms with E-state index >= 15 is 0 Å². The molecule has 1 unspecified atom stereocenters. The van der Waals surface area contributed by atoms with Crippen LogP contribution in [0.2, 0.25) is 0 Å². The number of Topliss-reactive ketones (excluding diaryl/α,β-unsaturated/α-hetero) is 1. The summed E-state index contributed by atoms with van der Waals surface area (Å²) in [5.41, 5.74) is 2.37. The molecule has 0 radical (unpaired) electrons. The minimum absolute atomic E-state index is 0.00893. The van der Waals surface area contributed by atoms with Crippen LogP contribution in [0.5, 0.6) is 0 Å². The lowest BCUT2D eigenvalue weighted by atomic mass is 9.88. The van der Waals surface area contributed by atoms with E-state index in [1.807, 2.05) is 78.9 Å². The van der Waals surface area contributed by atoms with Crippen LogP contribution in [0.4, 0.5) is 4.79 Å². The summed E-state index contributed by atoms with van der Waals surface area (Å²) >= 11 is 0. The quantitative estimate of drug-likeness (QED) is 0.114. The van der Waals surface area contributed by atoms with Gasteiger partial charge in [0.15, 0.2) is 5.82 Å². The molecule has 4 atom stereocenters. The number of aliphatic hydroxyl groups excluding tert-OH is 1. The molecule has 0 spiro atoms. The summed E-state index contributed by atoms with van der Waals surface area (Å²) in [5, 5.41) is 19.9. The van der Waals surface area contributed by atoms with Gasteiger partial charge in [-0.3, -0.25) is 14.4 Å². The number of aromatic nitrogens is 2. The molecule has 0 aliphatic carbocycles. The van der Waals surface area contributed by atoms with Crippen molar-refractivity contribution in [2.75, 3.05) is 6.54 Å². The van der Waals surface area contributed by atoms with Crippen LogP contribution >= 0.6 is 0 Å². The molecule has 0 aliphatic rings. The minimum atomic E-state index is -1.14. The highest BCUT2D eigenvalue weighted by molar-refractivity contribution is 5.99. The van der Waals surface area contributed by atoms with Gasteiger partial charge in [0, 0.05) is 5.92 Å². The number of hydrogen-bond donors (Lipinski definition) is 5. The van der Waals surface area contributed by atoms with E-state index < -0.39 is 53.4 Å². The van der Waals surface area contributed by atoms with Crippen LogP contribution in [0.15, 0.2) is 84.9 Å². The van der Waals surface area contributed by atoms with Crippen LogP contribution in [0.1, 0.15) is 62.8 Å². The molecule has 260 valence electrons. The van der Waals surface area contributed by atoms with Crippen molar-refractivity contribution in [1.82, 2.24) is 25.9 Å². The lowest BCUT2D eigenvalue weighted by Crippen LogP contribution is -2.53. The number of H-pyrrole nitrogens is 1. The number of nitrogens with one attached hydrogen (secondary N) is 4. The molecular weight excluding hydrogens is 622 g/mol. The van der Waals surface area contributed by atoms with Crippen LogP contribution in [0.25, 0.3) is 11.0 Å². The van der Waals surface area contributed by atoms with Crippen molar-refractivity contribution in [3.63, 3.8) is 0 Å². The van der Waals surface area contributed by atoms with Crippen molar-refractivity contribution in [2.45, 2.75) is 77.7 Å². The maximum absolute atomic E-state index is 14.0. The first-order valence-corrected chi connectivity index (χ1v) is 16.6. The van der Waals surface area contributed by atoms with E-state index in [9.17, 15) is 24.3 Å². The molecule has 11 nitrogen and oxygen atoms in total. The Bertz CT molecular complexity index is 1670. The van der Waals surface area contributed by atoms with Gasteiger partial charge in [0.25, 0.3) is 0 Å². The zero-order chi connectivity index (χ0) is 35.6. The number of carbonyl (C=O) groups excluding carboxylic acids is 4. The predicted octanol–water partition coefficient (Wildman–Crippen LogP) is 4.75. The number of ether oxygens (including phenoxy) is 1. The van der Waals surface area contributed by atoms with Crippen LogP contribution in [-0.2, 0) is 27.2 Å². The Morgan fingerprint density at radius 3 is 2.00 bits per heavy atom. The number of hydrogen-bond acceptors (Lipinski definition) is 7. The number of alkyl carbamates (subject to hydrolysis) is 1. The number of nitrogens with zero attached hydrogens (tertiary/aromatic N) is 1. The third-order valence-corrected chi connectivity index (χ3v) is 8.01. The van der Waals surface area contributed by atoms with Gasteiger partial charge >= 0.3 is 6.09 Å². The van der Waals surface area contributed by atoms with Crippen molar-refractivity contribution in [1.29, 1.82) is 0 Å². The molecule has 0 fully saturated rings. The van der Waals surface area contributed by atoms with Crippen molar-refractivity contribution in [3.8, 4) is 0 Å². The molecule has 4 rings (SSSR count). The van der Waals surface area contributed by atoms with Crippen LogP contribution < -0.4 is 16.0 Å². The molecule has 5 N–H and O–H groups in total. The standard InChI is InChI=1S/C38H47N5O6/c1-24(2)33(36(47)39-23-32(45)34-40-28-18-12-13-19-29(28)41-34)43-35(46)27(20-25-14-8-6-9-15-25)22-31(44)30(21-26-16-10-7-11-17-26)42-37(48)49-38(3,4)5/h6-19,24,27,30-31,33,44H,20-23H2,1-5H3,(H,39,47)(H,40,41)(H,42,48)(H,43,46)/t27?,30-,31-,33+/m0/s1. The van der Waals surface area contributed by atoms with Gasteiger partial charge in [-0.15, -0.1) is 0 Å². The lowest BCUT2D eigenvalue weighted by molar-refractivity contribution is -0.132. The number of para-hydroxylation sites is 2. The first kappa shape index (κ1) is 36.8. The Morgan fingerprint density at radius 1 is 0.816 bits per heavy atom. The number of aliphatic hydroxyl groups is 1. The van der Waals surface area contributed by atoms with Gasteiger partial charge in [-0.05, 0) is 69.2 Å². The maximum Gasteiger partial charge on any atom is 0.407 e. The van der Waals surface area contributed by atoms with Gasteiger partial charge in [0.05, 0.1) is 29.7 Å². The van der Waals surface area contributed by atoms with E-state index in [-0.39, 0.29) is 31.1 Å². The summed E-state index contributed by atoms with van der Waals surface area (Å²) < 4.78 is 5.48. The fourth-order valence-corrected chi connectivity index (χ4v) is 5.50. The summed E-state index contributed by atoms with van der Waals surface area (Å²) in [6, 6.07) is 24.3. The Labute approximate surface area is 287 Å². The van der Waals surface area contributed by atoms with E-state index in [0.717, 1.165) is 11.1 Å². The fourth-order valence-electron chi connectivity index (χ4n) is 5.50. The Balaban J connectivity index is 1.49. The number of amides is 3. The second-order valence-electron chi connectivity index (χ2n) is 13.6. The highest BCUT2D eigenvalue weighted by Gasteiger charge is 2.33. The molecule has 0 saturated carbocycles. The van der Waals surface area contributed by atoms with Crippen LogP contribution in [-0.4, -0.2) is 69.1 Å². The number of benzene rings is 3. The summed E-state index contributed by atoms with van der Waals surface area (Å²) in [6.07, 6.45) is -1.24. The minimum Gasteiger partial charge on any atom is -0.444 e. The monoisotopic (exact) mass is 669 g/mol. The summed E-state index contributed by atoms with van der Waals surface area (Å²) in [4.78, 5) is 60.3. The third kappa shape index (κ3) is 11.3. The number of ketones is 1.